The fraction of sp³-hybridized carbons (Fsp3) is 0.500. The van der Waals surface area contributed by atoms with Crippen LogP contribution in [0.4, 0.5) is 4.39 Å². The molecule has 1 rings (SSSR count). The van der Waals surface area contributed by atoms with Crippen LogP contribution in [-0.2, 0) is 0 Å². The zero-order chi connectivity index (χ0) is 14.6. The van der Waals surface area contributed by atoms with Crippen LogP contribution in [0.2, 0.25) is 5.02 Å². The third kappa shape index (κ3) is 4.18. The van der Waals surface area contributed by atoms with E-state index in [-0.39, 0.29) is 28.6 Å². The van der Waals surface area contributed by atoms with E-state index < -0.39 is 11.7 Å². The first-order chi connectivity index (χ1) is 8.77. The number of carbonyl (C=O) groups is 1. The van der Waals surface area contributed by atoms with Crippen LogP contribution in [0.15, 0.2) is 18.2 Å². The molecular weight excluding hydrogens is 269 g/mol. The summed E-state index contributed by atoms with van der Waals surface area (Å²) in [7, 11) is 0. The molecule has 0 bridgehead atoms. The Morgan fingerprint density at radius 1 is 1.47 bits per heavy atom. The molecule has 5 heteroatoms. The summed E-state index contributed by atoms with van der Waals surface area (Å²) in [6.45, 7) is 5.77. The van der Waals surface area contributed by atoms with Crippen molar-refractivity contribution < 1.29 is 14.3 Å². The van der Waals surface area contributed by atoms with Gasteiger partial charge >= 0.3 is 0 Å². The van der Waals surface area contributed by atoms with E-state index in [9.17, 15) is 9.18 Å². The lowest BCUT2D eigenvalue weighted by molar-refractivity contribution is 0.0881. The third-order valence-electron chi connectivity index (χ3n) is 2.96. The summed E-state index contributed by atoms with van der Waals surface area (Å²) < 4.78 is 13.6. The van der Waals surface area contributed by atoms with Crippen molar-refractivity contribution >= 4 is 17.5 Å². The van der Waals surface area contributed by atoms with Crippen LogP contribution in [0.1, 0.15) is 37.6 Å². The van der Waals surface area contributed by atoms with Crippen LogP contribution in [-0.4, -0.2) is 23.7 Å². The predicted molar refractivity (Wildman–Crippen MR) is 73.8 cm³/mol. The molecule has 0 aliphatic heterocycles. The van der Waals surface area contributed by atoms with E-state index in [1.54, 1.807) is 0 Å². The Balaban J connectivity index is 2.95. The summed E-state index contributed by atoms with van der Waals surface area (Å²) in [5.41, 5.74) is -0.396. The van der Waals surface area contributed by atoms with Gasteiger partial charge in [-0.15, -0.1) is 0 Å². The molecule has 19 heavy (non-hydrogen) atoms. The standard InChI is InChI=1S/C14H19ClFNO2/c1-14(2,3)11(7-8-18)17-13(19)12-9(15)5-4-6-10(12)16/h4-6,11,18H,7-8H2,1-3H3,(H,17,19). The number of carbonyl (C=O) groups excluding carboxylic acids is 1. The zero-order valence-corrected chi connectivity index (χ0v) is 12.1. The smallest absolute Gasteiger partial charge is 0.256 e. The molecular formula is C14H19ClFNO2. The number of aliphatic hydroxyl groups excluding tert-OH is 1. The minimum Gasteiger partial charge on any atom is -0.396 e. The summed E-state index contributed by atoms with van der Waals surface area (Å²) in [5.74, 6) is -1.21. The third-order valence-corrected chi connectivity index (χ3v) is 3.27. The highest BCUT2D eigenvalue weighted by Crippen LogP contribution is 2.24. The quantitative estimate of drug-likeness (QED) is 0.894. The van der Waals surface area contributed by atoms with Gasteiger partial charge in [0.2, 0.25) is 0 Å². The molecule has 0 saturated heterocycles. The van der Waals surface area contributed by atoms with Gasteiger partial charge in [-0.1, -0.05) is 38.4 Å². The van der Waals surface area contributed by atoms with Gasteiger partial charge in [0.1, 0.15) is 5.82 Å². The molecule has 1 unspecified atom stereocenters. The normalized spacial score (nSPS) is 13.2. The van der Waals surface area contributed by atoms with Gasteiger partial charge in [0, 0.05) is 12.6 Å². The Morgan fingerprint density at radius 3 is 2.58 bits per heavy atom. The van der Waals surface area contributed by atoms with Crippen LogP contribution < -0.4 is 5.32 Å². The number of rotatable bonds is 4. The second-order valence-corrected chi connectivity index (χ2v) is 5.91. The molecule has 0 saturated carbocycles. The number of amides is 1. The molecule has 1 aromatic rings. The Morgan fingerprint density at radius 2 is 2.11 bits per heavy atom. The van der Waals surface area contributed by atoms with Crippen LogP contribution in [0.3, 0.4) is 0 Å². The number of benzene rings is 1. The molecule has 1 atom stereocenters. The molecule has 0 spiro atoms. The summed E-state index contributed by atoms with van der Waals surface area (Å²) in [6, 6.07) is 3.85. The van der Waals surface area contributed by atoms with Crippen molar-refractivity contribution in [3.63, 3.8) is 0 Å². The van der Waals surface area contributed by atoms with E-state index >= 15 is 0 Å². The molecule has 0 radical (unpaired) electrons. The number of hydrogen-bond donors (Lipinski definition) is 2. The Hall–Kier alpha value is -1.13. The summed E-state index contributed by atoms with van der Waals surface area (Å²) >= 11 is 5.85. The second-order valence-electron chi connectivity index (χ2n) is 5.50. The Bertz CT molecular complexity index is 437. The SMILES string of the molecule is CC(C)(C)C(CCO)NC(=O)c1c(F)cccc1Cl. The van der Waals surface area contributed by atoms with Gasteiger partial charge in [0.15, 0.2) is 0 Å². The van der Waals surface area contributed by atoms with E-state index in [2.05, 4.69) is 5.32 Å². The van der Waals surface area contributed by atoms with E-state index in [1.807, 2.05) is 20.8 Å². The molecule has 1 amide bonds. The van der Waals surface area contributed by atoms with E-state index in [0.717, 1.165) is 0 Å². The highest BCUT2D eigenvalue weighted by atomic mass is 35.5. The maximum absolute atomic E-state index is 13.6. The monoisotopic (exact) mass is 287 g/mol. The first-order valence-corrected chi connectivity index (χ1v) is 6.51. The second kappa shape index (κ2) is 6.35. The highest BCUT2D eigenvalue weighted by molar-refractivity contribution is 6.33. The molecule has 2 N–H and O–H groups in total. The summed E-state index contributed by atoms with van der Waals surface area (Å²) in [6.07, 6.45) is 0.404. The van der Waals surface area contributed by atoms with Gasteiger partial charge < -0.3 is 10.4 Å². The largest absolute Gasteiger partial charge is 0.396 e. The molecule has 1 aromatic carbocycles. The number of nitrogens with one attached hydrogen (secondary N) is 1. The minimum atomic E-state index is -0.651. The lowest BCUT2D eigenvalue weighted by Crippen LogP contribution is -2.44. The van der Waals surface area contributed by atoms with E-state index in [4.69, 9.17) is 16.7 Å². The molecule has 0 aromatic heterocycles. The average molecular weight is 288 g/mol. The molecule has 0 aliphatic carbocycles. The average Bonchev–Trinajstić information content (AvgIpc) is 2.27. The van der Waals surface area contributed by atoms with Gasteiger partial charge in [-0.3, -0.25) is 4.79 Å². The number of hydrogen-bond acceptors (Lipinski definition) is 2. The topological polar surface area (TPSA) is 49.3 Å². The van der Waals surface area contributed by atoms with Crippen molar-refractivity contribution in [1.82, 2.24) is 5.32 Å². The molecule has 106 valence electrons. The van der Waals surface area contributed by atoms with Crippen molar-refractivity contribution in [2.75, 3.05) is 6.61 Å². The zero-order valence-electron chi connectivity index (χ0n) is 11.3. The van der Waals surface area contributed by atoms with Crippen LogP contribution in [0.25, 0.3) is 0 Å². The van der Waals surface area contributed by atoms with Crippen molar-refractivity contribution in [2.24, 2.45) is 5.41 Å². The van der Waals surface area contributed by atoms with Gasteiger partial charge in [0.25, 0.3) is 5.91 Å². The maximum atomic E-state index is 13.6. The van der Waals surface area contributed by atoms with Crippen molar-refractivity contribution in [3.05, 3.63) is 34.6 Å². The van der Waals surface area contributed by atoms with Gasteiger partial charge in [-0.05, 0) is 24.0 Å². The maximum Gasteiger partial charge on any atom is 0.256 e. The molecule has 0 heterocycles. The fourth-order valence-electron chi connectivity index (χ4n) is 1.80. The lowest BCUT2D eigenvalue weighted by atomic mass is 9.84. The number of halogens is 2. The Kier molecular flexibility index (Phi) is 5.32. The van der Waals surface area contributed by atoms with Crippen molar-refractivity contribution in [2.45, 2.75) is 33.2 Å². The van der Waals surface area contributed by atoms with Gasteiger partial charge in [-0.2, -0.15) is 0 Å². The summed E-state index contributed by atoms with van der Waals surface area (Å²) in [5, 5.41) is 11.9. The van der Waals surface area contributed by atoms with E-state index in [1.165, 1.54) is 18.2 Å². The van der Waals surface area contributed by atoms with E-state index in [0.29, 0.717) is 6.42 Å². The Labute approximate surface area is 117 Å². The fourth-order valence-corrected chi connectivity index (χ4v) is 2.04. The number of aliphatic hydroxyl groups is 1. The predicted octanol–water partition coefficient (Wildman–Crippen LogP) is 3.01. The van der Waals surface area contributed by atoms with Gasteiger partial charge in [-0.25, -0.2) is 4.39 Å². The molecule has 0 fully saturated rings. The first kappa shape index (κ1) is 15.9. The minimum absolute atomic E-state index is 0.0484. The summed E-state index contributed by atoms with van der Waals surface area (Å²) in [4.78, 5) is 12.1. The van der Waals surface area contributed by atoms with Crippen LogP contribution >= 0.6 is 11.6 Å². The first-order valence-electron chi connectivity index (χ1n) is 6.13. The van der Waals surface area contributed by atoms with Crippen LogP contribution in [0, 0.1) is 11.2 Å². The van der Waals surface area contributed by atoms with Crippen LogP contribution in [0.5, 0.6) is 0 Å². The molecule has 3 nitrogen and oxygen atoms in total. The van der Waals surface area contributed by atoms with Crippen molar-refractivity contribution in [1.29, 1.82) is 0 Å². The lowest BCUT2D eigenvalue weighted by Gasteiger charge is -2.31. The van der Waals surface area contributed by atoms with Gasteiger partial charge in [0.05, 0.1) is 10.6 Å². The van der Waals surface area contributed by atoms with Crippen molar-refractivity contribution in [3.8, 4) is 0 Å². The molecule has 0 aliphatic rings. The highest BCUT2D eigenvalue weighted by Gasteiger charge is 2.27.